The first kappa shape index (κ1) is 16.0. The Balaban J connectivity index is 1.53. The molecule has 0 saturated carbocycles. The summed E-state index contributed by atoms with van der Waals surface area (Å²) in [4.78, 5) is 22.5. The smallest absolute Gasteiger partial charge is 0.265 e. The third-order valence-electron chi connectivity index (χ3n) is 3.45. The van der Waals surface area contributed by atoms with Crippen LogP contribution in [0.2, 0.25) is 0 Å². The zero-order chi connectivity index (χ0) is 17.4. The number of thiazole rings is 1. The maximum absolute atomic E-state index is 12.5. The maximum Gasteiger partial charge on any atom is 0.265 e. The second-order valence-electron chi connectivity index (χ2n) is 5.32. The maximum atomic E-state index is 12.5. The molecule has 25 heavy (non-hydrogen) atoms. The summed E-state index contributed by atoms with van der Waals surface area (Å²) < 4.78 is 6.43. The Hall–Kier alpha value is -2.49. The Morgan fingerprint density at radius 1 is 1.28 bits per heavy atom. The SMILES string of the molecule is Cc1nc2ccc(NC(=O)c3cc4sc(NCCO)nc4s3)cc2o1. The second-order valence-corrected chi connectivity index (χ2v) is 7.38. The van der Waals surface area contributed by atoms with Gasteiger partial charge in [-0.25, -0.2) is 9.97 Å². The molecular weight excluding hydrogens is 360 g/mol. The average Bonchev–Trinajstić information content (AvgIpc) is 3.23. The molecule has 0 aliphatic rings. The number of aryl methyl sites for hydroxylation is 1. The molecule has 0 aliphatic heterocycles. The van der Waals surface area contributed by atoms with Gasteiger partial charge in [0.15, 0.2) is 16.6 Å². The lowest BCUT2D eigenvalue weighted by Crippen LogP contribution is -2.09. The molecule has 9 heteroatoms. The van der Waals surface area contributed by atoms with E-state index in [2.05, 4.69) is 20.6 Å². The van der Waals surface area contributed by atoms with Crippen molar-refractivity contribution < 1.29 is 14.3 Å². The van der Waals surface area contributed by atoms with Crippen LogP contribution >= 0.6 is 22.7 Å². The van der Waals surface area contributed by atoms with Crippen molar-refractivity contribution in [3.63, 3.8) is 0 Å². The third-order valence-corrected chi connectivity index (χ3v) is 5.57. The number of aromatic nitrogens is 2. The molecule has 3 N–H and O–H groups in total. The fraction of sp³-hybridized carbons (Fsp3) is 0.188. The van der Waals surface area contributed by atoms with Gasteiger partial charge in [0.2, 0.25) is 0 Å². The topological polar surface area (TPSA) is 100 Å². The van der Waals surface area contributed by atoms with Gasteiger partial charge in [-0.3, -0.25) is 4.79 Å². The number of aliphatic hydroxyl groups excluding tert-OH is 1. The van der Waals surface area contributed by atoms with E-state index in [0.717, 1.165) is 20.2 Å². The minimum atomic E-state index is -0.185. The van der Waals surface area contributed by atoms with Crippen LogP contribution in [0.25, 0.3) is 20.6 Å². The van der Waals surface area contributed by atoms with Gasteiger partial charge in [-0.15, -0.1) is 11.3 Å². The Morgan fingerprint density at radius 2 is 2.16 bits per heavy atom. The second kappa shape index (κ2) is 6.43. The quantitative estimate of drug-likeness (QED) is 0.495. The number of amides is 1. The lowest BCUT2D eigenvalue weighted by atomic mass is 10.3. The molecule has 0 atom stereocenters. The van der Waals surface area contributed by atoms with Crippen molar-refractivity contribution in [2.24, 2.45) is 0 Å². The van der Waals surface area contributed by atoms with E-state index in [1.807, 2.05) is 12.1 Å². The molecule has 4 aromatic rings. The first-order valence-corrected chi connectivity index (χ1v) is 9.19. The van der Waals surface area contributed by atoms with Gasteiger partial charge in [0.25, 0.3) is 5.91 Å². The van der Waals surface area contributed by atoms with Crippen molar-refractivity contribution in [1.29, 1.82) is 0 Å². The van der Waals surface area contributed by atoms with Crippen molar-refractivity contribution in [2.75, 3.05) is 23.8 Å². The number of hydrogen-bond donors (Lipinski definition) is 3. The monoisotopic (exact) mass is 374 g/mol. The zero-order valence-corrected chi connectivity index (χ0v) is 14.8. The summed E-state index contributed by atoms with van der Waals surface area (Å²) in [5.74, 6) is 0.407. The normalized spacial score (nSPS) is 11.3. The lowest BCUT2D eigenvalue weighted by Gasteiger charge is -2.02. The fourth-order valence-corrected chi connectivity index (χ4v) is 4.43. The highest BCUT2D eigenvalue weighted by molar-refractivity contribution is 7.29. The van der Waals surface area contributed by atoms with E-state index >= 15 is 0 Å². The third kappa shape index (κ3) is 3.21. The number of thiophene rings is 1. The van der Waals surface area contributed by atoms with E-state index in [-0.39, 0.29) is 12.5 Å². The number of fused-ring (bicyclic) bond motifs is 2. The molecule has 3 heterocycles. The molecular formula is C16H14N4O3S2. The molecule has 0 bridgehead atoms. The van der Waals surface area contributed by atoms with Gasteiger partial charge in [-0.1, -0.05) is 11.3 Å². The van der Waals surface area contributed by atoms with E-state index in [1.54, 1.807) is 19.1 Å². The molecule has 0 radical (unpaired) electrons. The molecule has 0 aliphatic carbocycles. The molecule has 0 spiro atoms. The summed E-state index contributed by atoms with van der Waals surface area (Å²) in [5.41, 5.74) is 2.06. The van der Waals surface area contributed by atoms with E-state index in [0.29, 0.717) is 28.6 Å². The summed E-state index contributed by atoms with van der Waals surface area (Å²) in [6.45, 7) is 2.29. The number of carbonyl (C=O) groups excluding carboxylic acids is 1. The van der Waals surface area contributed by atoms with Crippen LogP contribution in [0.3, 0.4) is 0 Å². The molecule has 0 fully saturated rings. The molecule has 0 unspecified atom stereocenters. The van der Waals surface area contributed by atoms with Gasteiger partial charge in [-0.2, -0.15) is 0 Å². The Labute approximate surface area is 150 Å². The van der Waals surface area contributed by atoms with Gasteiger partial charge in [-0.05, 0) is 18.2 Å². The van der Waals surface area contributed by atoms with Gasteiger partial charge in [0, 0.05) is 25.2 Å². The van der Waals surface area contributed by atoms with E-state index in [1.165, 1.54) is 22.7 Å². The van der Waals surface area contributed by atoms with Crippen LogP contribution < -0.4 is 10.6 Å². The van der Waals surface area contributed by atoms with Crippen LogP contribution in [0, 0.1) is 6.92 Å². The van der Waals surface area contributed by atoms with Crippen LogP contribution in [0.15, 0.2) is 28.7 Å². The molecule has 1 amide bonds. The van der Waals surface area contributed by atoms with Crippen molar-refractivity contribution >= 4 is 60.0 Å². The largest absolute Gasteiger partial charge is 0.441 e. The van der Waals surface area contributed by atoms with Crippen molar-refractivity contribution in [3.8, 4) is 0 Å². The molecule has 1 aromatic carbocycles. The number of aliphatic hydroxyl groups is 1. The number of anilines is 2. The predicted octanol–water partition coefficient (Wildman–Crippen LogP) is 3.46. The highest BCUT2D eigenvalue weighted by Gasteiger charge is 2.15. The predicted molar refractivity (Wildman–Crippen MR) is 99.8 cm³/mol. The molecule has 3 aromatic heterocycles. The first-order chi connectivity index (χ1) is 12.1. The molecule has 7 nitrogen and oxygen atoms in total. The fourth-order valence-electron chi connectivity index (χ4n) is 2.40. The zero-order valence-electron chi connectivity index (χ0n) is 13.2. The van der Waals surface area contributed by atoms with E-state index < -0.39 is 0 Å². The number of rotatable bonds is 5. The minimum absolute atomic E-state index is 0.0515. The molecule has 128 valence electrons. The first-order valence-electron chi connectivity index (χ1n) is 7.56. The highest BCUT2D eigenvalue weighted by Crippen LogP contribution is 2.33. The standard InChI is InChI=1S/C16H14N4O3S2/c1-8-18-10-3-2-9(6-11(10)23-8)19-14(22)12-7-13-15(24-12)20-16(25-13)17-4-5-21/h2-3,6-7,21H,4-5H2,1H3,(H,17,20)(H,19,22). The summed E-state index contributed by atoms with van der Waals surface area (Å²) in [5, 5.41) is 15.5. The summed E-state index contributed by atoms with van der Waals surface area (Å²) in [6, 6.07) is 7.20. The van der Waals surface area contributed by atoms with Gasteiger partial charge in [0.1, 0.15) is 10.3 Å². The van der Waals surface area contributed by atoms with Crippen molar-refractivity contribution in [1.82, 2.24) is 9.97 Å². The average molecular weight is 374 g/mol. The van der Waals surface area contributed by atoms with Crippen LogP contribution in [-0.2, 0) is 0 Å². The Kier molecular flexibility index (Phi) is 4.12. The summed E-state index contributed by atoms with van der Waals surface area (Å²) >= 11 is 2.80. The lowest BCUT2D eigenvalue weighted by molar-refractivity contribution is 0.103. The Bertz CT molecular complexity index is 1030. The summed E-state index contributed by atoms with van der Waals surface area (Å²) in [7, 11) is 0. The van der Waals surface area contributed by atoms with E-state index in [9.17, 15) is 4.79 Å². The molecule has 0 saturated heterocycles. The van der Waals surface area contributed by atoms with E-state index in [4.69, 9.17) is 9.52 Å². The van der Waals surface area contributed by atoms with Gasteiger partial charge in [0.05, 0.1) is 16.2 Å². The number of carbonyl (C=O) groups is 1. The van der Waals surface area contributed by atoms with Gasteiger partial charge >= 0.3 is 0 Å². The van der Waals surface area contributed by atoms with Crippen molar-refractivity contribution in [2.45, 2.75) is 6.92 Å². The van der Waals surface area contributed by atoms with Crippen LogP contribution in [0.4, 0.5) is 10.8 Å². The van der Waals surface area contributed by atoms with Crippen LogP contribution in [-0.4, -0.2) is 34.1 Å². The highest BCUT2D eigenvalue weighted by atomic mass is 32.1. The number of oxazole rings is 1. The Morgan fingerprint density at radius 3 is 2.96 bits per heavy atom. The minimum Gasteiger partial charge on any atom is -0.441 e. The van der Waals surface area contributed by atoms with Gasteiger partial charge < -0.3 is 20.2 Å². The van der Waals surface area contributed by atoms with Crippen LogP contribution in [0.1, 0.15) is 15.6 Å². The number of hydrogen-bond acceptors (Lipinski definition) is 8. The number of nitrogens with one attached hydrogen (secondary N) is 2. The summed E-state index contributed by atoms with van der Waals surface area (Å²) in [6.07, 6.45) is 0. The molecule has 4 rings (SSSR count). The number of benzene rings is 1. The van der Waals surface area contributed by atoms with Crippen LogP contribution in [0.5, 0.6) is 0 Å². The number of nitrogens with zero attached hydrogens (tertiary/aromatic N) is 2. The van der Waals surface area contributed by atoms with Crippen molar-refractivity contribution in [3.05, 3.63) is 35.0 Å².